The molecule has 0 saturated carbocycles. The number of unbranched alkanes of at least 4 members (excludes halogenated alkanes) is 1. The van der Waals surface area contributed by atoms with Gasteiger partial charge in [-0.1, -0.05) is 44.5 Å². The molecule has 0 aliphatic carbocycles. The first-order chi connectivity index (χ1) is 10.6. The molecule has 2 rings (SSSR count). The summed E-state index contributed by atoms with van der Waals surface area (Å²) >= 11 is 0. The van der Waals surface area contributed by atoms with E-state index in [0.29, 0.717) is 6.42 Å². The summed E-state index contributed by atoms with van der Waals surface area (Å²) in [6.45, 7) is 7.40. The number of piperidine rings is 1. The lowest BCUT2D eigenvalue weighted by atomic mass is 9.81. The number of hydrogen-bond acceptors (Lipinski definition) is 2. The fourth-order valence-corrected chi connectivity index (χ4v) is 2.97. The molecule has 1 heterocycles. The van der Waals surface area contributed by atoms with Gasteiger partial charge in [-0.15, -0.1) is 0 Å². The number of carbonyl (C=O) groups excluding carboxylic acids is 1. The number of aryl methyl sites for hydroxylation is 1. The van der Waals surface area contributed by atoms with Gasteiger partial charge in [-0.2, -0.15) is 0 Å². The van der Waals surface area contributed by atoms with Crippen LogP contribution >= 0.6 is 0 Å². The second-order valence-corrected chi connectivity index (χ2v) is 6.93. The normalized spacial score (nSPS) is 17.2. The summed E-state index contributed by atoms with van der Waals surface area (Å²) in [7, 11) is 0. The van der Waals surface area contributed by atoms with E-state index in [1.54, 1.807) is 0 Å². The zero-order chi connectivity index (χ0) is 15.8. The second-order valence-electron chi connectivity index (χ2n) is 6.93. The smallest absolute Gasteiger partial charge is 0.224 e. The summed E-state index contributed by atoms with van der Waals surface area (Å²) in [6.07, 6.45) is 6.35. The van der Waals surface area contributed by atoms with Gasteiger partial charge in [-0.25, -0.2) is 0 Å². The Balaban J connectivity index is 1.76. The number of nitrogens with one attached hydrogen (secondary N) is 2. The van der Waals surface area contributed by atoms with Crippen molar-refractivity contribution in [2.45, 2.75) is 52.4 Å². The third kappa shape index (κ3) is 5.45. The van der Waals surface area contributed by atoms with Crippen LogP contribution in [-0.4, -0.2) is 25.5 Å². The third-order valence-electron chi connectivity index (χ3n) is 4.73. The van der Waals surface area contributed by atoms with Crippen molar-refractivity contribution in [1.82, 2.24) is 10.6 Å². The lowest BCUT2D eigenvalue weighted by Gasteiger charge is -2.34. The highest BCUT2D eigenvalue weighted by Crippen LogP contribution is 2.26. The highest BCUT2D eigenvalue weighted by atomic mass is 16.1. The lowest BCUT2D eigenvalue weighted by molar-refractivity contribution is -0.121. The fourth-order valence-electron chi connectivity index (χ4n) is 2.97. The quantitative estimate of drug-likeness (QED) is 0.812. The molecular formula is C19H30N2O. The van der Waals surface area contributed by atoms with E-state index in [4.69, 9.17) is 0 Å². The maximum Gasteiger partial charge on any atom is 0.224 e. The molecule has 1 fully saturated rings. The molecule has 122 valence electrons. The van der Waals surface area contributed by atoms with Gasteiger partial charge in [-0.05, 0) is 55.3 Å². The first kappa shape index (κ1) is 17.0. The lowest BCUT2D eigenvalue weighted by Crippen LogP contribution is -2.43. The summed E-state index contributed by atoms with van der Waals surface area (Å²) in [5.74, 6) is 0.140. The van der Waals surface area contributed by atoms with Gasteiger partial charge in [0.25, 0.3) is 0 Å². The van der Waals surface area contributed by atoms with Crippen LogP contribution in [0.5, 0.6) is 0 Å². The molecule has 2 N–H and O–H groups in total. The third-order valence-corrected chi connectivity index (χ3v) is 4.73. The molecule has 1 saturated heterocycles. The Hall–Kier alpha value is -1.35. The molecule has 0 spiro atoms. The Morgan fingerprint density at radius 3 is 2.45 bits per heavy atom. The molecule has 1 aliphatic rings. The van der Waals surface area contributed by atoms with Crippen LogP contribution in [0.1, 0.15) is 50.7 Å². The summed E-state index contributed by atoms with van der Waals surface area (Å²) < 4.78 is 0. The molecule has 0 radical (unpaired) electrons. The average Bonchev–Trinajstić information content (AvgIpc) is 2.53. The fraction of sp³-hybridized carbons (Fsp3) is 0.632. The molecular weight excluding hydrogens is 272 g/mol. The maximum atomic E-state index is 12.1. The van der Waals surface area contributed by atoms with Crippen LogP contribution in [0.25, 0.3) is 0 Å². The Morgan fingerprint density at radius 2 is 1.82 bits per heavy atom. The maximum absolute atomic E-state index is 12.1. The van der Waals surface area contributed by atoms with Gasteiger partial charge >= 0.3 is 0 Å². The van der Waals surface area contributed by atoms with Crippen LogP contribution in [0.4, 0.5) is 0 Å². The molecule has 3 nitrogen and oxygen atoms in total. The molecule has 1 aromatic carbocycles. The zero-order valence-corrected chi connectivity index (χ0v) is 14.1. The van der Waals surface area contributed by atoms with Gasteiger partial charge in [-0.3, -0.25) is 4.79 Å². The average molecular weight is 302 g/mol. The Morgan fingerprint density at radius 1 is 1.18 bits per heavy atom. The molecule has 3 heteroatoms. The van der Waals surface area contributed by atoms with E-state index in [-0.39, 0.29) is 11.3 Å². The number of rotatable bonds is 7. The van der Waals surface area contributed by atoms with Crippen molar-refractivity contribution in [2.75, 3.05) is 19.6 Å². The topological polar surface area (TPSA) is 41.1 Å². The zero-order valence-electron chi connectivity index (χ0n) is 14.1. The predicted octanol–water partition coefficient (Wildman–Crippen LogP) is 3.08. The van der Waals surface area contributed by atoms with E-state index < -0.39 is 0 Å². The Labute approximate surface area is 134 Å². The molecule has 1 aromatic rings. The Bertz CT molecular complexity index is 461. The van der Waals surface area contributed by atoms with Crippen molar-refractivity contribution in [3.05, 3.63) is 35.4 Å². The second kappa shape index (κ2) is 8.33. The van der Waals surface area contributed by atoms with Crippen LogP contribution in [0.2, 0.25) is 0 Å². The van der Waals surface area contributed by atoms with Crippen molar-refractivity contribution >= 4 is 5.91 Å². The Kier molecular flexibility index (Phi) is 6.44. The van der Waals surface area contributed by atoms with Crippen LogP contribution in [0.3, 0.4) is 0 Å². The van der Waals surface area contributed by atoms with Crippen molar-refractivity contribution in [2.24, 2.45) is 5.41 Å². The molecule has 0 bridgehead atoms. The van der Waals surface area contributed by atoms with Crippen LogP contribution in [0.15, 0.2) is 24.3 Å². The molecule has 0 atom stereocenters. The molecule has 22 heavy (non-hydrogen) atoms. The van der Waals surface area contributed by atoms with E-state index in [9.17, 15) is 4.79 Å². The molecule has 0 unspecified atom stereocenters. The number of carbonyl (C=O) groups is 1. The van der Waals surface area contributed by atoms with E-state index >= 15 is 0 Å². The van der Waals surface area contributed by atoms with E-state index in [2.05, 4.69) is 48.7 Å². The minimum Gasteiger partial charge on any atom is -0.355 e. The van der Waals surface area contributed by atoms with Crippen molar-refractivity contribution in [1.29, 1.82) is 0 Å². The number of amides is 1. The summed E-state index contributed by atoms with van der Waals surface area (Å²) in [5.41, 5.74) is 2.73. The molecule has 1 amide bonds. The van der Waals surface area contributed by atoms with Gasteiger partial charge in [0.1, 0.15) is 0 Å². The van der Waals surface area contributed by atoms with Gasteiger partial charge in [0.15, 0.2) is 0 Å². The van der Waals surface area contributed by atoms with Crippen molar-refractivity contribution in [3.8, 4) is 0 Å². The largest absolute Gasteiger partial charge is 0.355 e. The van der Waals surface area contributed by atoms with E-state index in [0.717, 1.165) is 44.5 Å². The minimum absolute atomic E-state index is 0.140. The van der Waals surface area contributed by atoms with E-state index in [1.165, 1.54) is 18.4 Å². The van der Waals surface area contributed by atoms with Crippen molar-refractivity contribution < 1.29 is 4.79 Å². The van der Waals surface area contributed by atoms with Gasteiger partial charge in [0.2, 0.25) is 5.91 Å². The SMILES string of the molecule is CCCCc1ccc(CC(=O)NCC2(C)CCNCC2)cc1. The van der Waals surface area contributed by atoms with E-state index in [1.807, 2.05) is 0 Å². The number of benzene rings is 1. The monoisotopic (exact) mass is 302 g/mol. The van der Waals surface area contributed by atoms with Crippen LogP contribution in [0, 0.1) is 5.41 Å². The summed E-state index contributed by atoms with van der Waals surface area (Å²) in [4.78, 5) is 12.1. The minimum atomic E-state index is 0.140. The highest BCUT2D eigenvalue weighted by Gasteiger charge is 2.26. The van der Waals surface area contributed by atoms with Gasteiger partial charge in [0, 0.05) is 6.54 Å². The first-order valence-corrected chi connectivity index (χ1v) is 8.66. The molecule has 0 aromatic heterocycles. The van der Waals surface area contributed by atoms with Gasteiger partial charge < -0.3 is 10.6 Å². The predicted molar refractivity (Wildman–Crippen MR) is 92.0 cm³/mol. The first-order valence-electron chi connectivity index (χ1n) is 8.66. The summed E-state index contributed by atoms with van der Waals surface area (Å²) in [6, 6.07) is 8.51. The van der Waals surface area contributed by atoms with Crippen molar-refractivity contribution in [3.63, 3.8) is 0 Å². The van der Waals surface area contributed by atoms with Crippen LogP contribution < -0.4 is 10.6 Å². The van der Waals surface area contributed by atoms with Crippen LogP contribution in [-0.2, 0) is 17.6 Å². The highest BCUT2D eigenvalue weighted by molar-refractivity contribution is 5.78. The standard InChI is InChI=1S/C19H30N2O/c1-3-4-5-16-6-8-17(9-7-16)14-18(22)21-15-19(2)10-12-20-13-11-19/h6-9,20H,3-5,10-15H2,1-2H3,(H,21,22). The number of hydrogen-bond donors (Lipinski definition) is 2. The summed E-state index contributed by atoms with van der Waals surface area (Å²) in [5, 5.41) is 6.50. The van der Waals surface area contributed by atoms with Gasteiger partial charge in [0.05, 0.1) is 6.42 Å². The molecule has 1 aliphatic heterocycles.